The Balaban J connectivity index is 2.42. The van der Waals surface area contributed by atoms with E-state index >= 15 is 0 Å². The Kier molecular flexibility index (Phi) is 3.67. The van der Waals surface area contributed by atoms with Gasteiger partial charge in [0.25, 0.3) is 5.56 Å². The fourth-order valence-corrected chi connectivity index (χ4v) is 3.18. The van der Waals surface area contributed by atoms with Gasteiger partial charge >= 0.3 is 5.69 Å². The minimum atomic E-state index is -0.403. The largest absolute Gasteiger partial charge is 0.351 e. The molecular weight excluding hydrogens is 244 g/mol. The van der Waals surface area contributed by atoms with E-state index in [0.29, 0.717) is 5.92 Å². The highest BCUT2D eigenvalue weighted by Crippen LogP contribution is 2.48. The van der Waals surface area contributed by atoms with E-state index in [0.717, 1.165) is 12.8 Å². The molecule has 3 atom stereocenters. The Hall–Kier alpha value is -1.36. The lowest BCUT2D eigenvalue weighted by atomic mass is 9.79. The maximum atomic E-state index is 11.9. The van der Waals surface area contributed by atoms with Gasteiger partial charge in [-0.3, -0.25) is 14.3 Å². The Morgan fingerprint density at radius 2 is 1.95 bits per heavy atom. The molecule has 19 heavy (non-hydrogen) atoms. The number of rotatable bonds is 3. The van der Waals surface area contributed by atoms with Crippen molar-refractivity contribution in [1.29, 1.82) is 0 Å². The lowest BCUT2D eigenvalue weighted by molar-refractivity contribution is -0.0919. The van der Waals surface area contributed by atoms with Gasteiger partial charge < -0.3 is 4.74 Å². The van der Waals surface area contributed by atoms with Crippen LogP contribution in [-0.2, 0) is 4.74 Å². The normalized spacial score (nSPS) is 29.6. The molecule has 2 heterocycles. The third-order valence-corrected chi connectivity index (χ3v) is 4.75. The van der Waals surface area contributed by atoms with E-state index in [-0.39, 0.29) is 23.3 Å². The molecular formula is C14H22N2O3. The predicted octanol–water partition coefficient (Wildman–Crippen LogP) is 1.90. The van der Waals surface area contributed by atoms with Crippen molar-refractivity contribution in [2.45, 2.75) is 52.4 Å². The lowest BCUT2D eigenvalue weighted by Gasteiger charge is -2.31. The first-order valence-electron chi connectivity index (χ1n) is 6.94. The molecule has 0 bridgehead atoms. The Bertz CT molecular complexity index is 556. The summed E-state index contributed by atoms with van der Waals surface area (Å²) < 4.78 is 7.72. The molecule has 2 rings (SSSR count). The highest BCUT2D eigenvalue weighted by Gasteiger charge is 2.49. The molecule has 106 valence electrons. The van der Waals surface area contributed by atoms with Crippen LogP contribution in [-0.4, -0.2) is 15.2 Å². The molecule has 0 aromatic carbocycles. The van der Waals surface area contributed by atoms with Crippen LogP contribution in [0.15, 0.2) is 21.9 Å². The zero-order valence-corrected chi connectivity index (χ0v) is 12.0. The first kappa shape index (κ1) is 14.1. The van der Waals surface area contributed by atoms with Crippen LogP contribution < -0.4 is 11.2 Å². The van der Waals surface area contributed by atoms with Crippen molar-refractivity contribution in [1.82, 2.24) is 9.55 Å². The summed E-state index contributed by atoms with van der Waals surface area (Å²) in [4.78, 5) is 25.3. The number of H-pyrrole nitrogens is 1. The molecule has 0 unspecified atom stereocenters. The summed E-state index contributed by atoms with van der Waals surface area (Å²) in [6, 6.07) is 1.36. The summed E-state index contributed by atoms with van der Waals surface area (Å²) in [6.07, 6.45) is 3.06. The molecule has 0 radical (unpaired) electrons. The maximum Gasteiger partial charge on any atom is 0.330 e. The summed E-state index contributed by atoms with van der Waals surface area (Å²) in [5, 5.41) is 0. The van der Waals surface area contributed by atoms with Gasteiger partial charge in [0.05, 0.1) is 5.60 Å². The lowest BCUT2D eigenvalue weighted by Crippen LogP contribution is -2.35. The summed E-state index contributed by atoms with van der Waals surface area (Å²) in [5.41, 5.74) is -0.962. The number of aromatic nitrogens is 2. The second-order valence-electron chi connectivity index (χ2n) is 5.45. The molecule has 0 saturated carbocycles. The number of aromatic amines is 1. The minimum Gasteiger partial charge on any atom is -0.351 e. The first-order valence-corrected chi connectivity index (χ1v) is 6.94. The highest BCUT2D eigenvalue weighted by molar-refractivity contribution is 4.97. The van der Waals surface area contributed by atoms with Gasteiger partial charge in [0.1, 0.15) is 6.23 Å². The third-order valence-electron chi connectivity index (χ3n) is 4.75. The fourth-order valence-electron chi connectivity index (χ4n) is 3.18. The van der Waals surface area contributed by atoms with E-state index < -0.39 is 5.69 Å². The van der Waals surface area contributed by atoms with Gasteiger partial charge in [0, 0.05) is 18.2 Å². The highest BCUT2D eigenvalue weighted by atomic mass is 16.5. The zero-order chi connectivity index (χ0) is 14.2. The monoisotopic (exact) mass is 266 g/mol. The van der Waals surface area contributed by atoms with Crippen LogP contribution in [0.2, 0.25) is 0 Å². The number of nitrogens with one attached hydrogen (secondary N) is 1. The molecule has 5 nitrogen and oxygen atoms in total. The van der Waals surface area contributed by atoms with Crippen LogP contribution in [0.5, 0.6) is 0 Å². The number of nitrogens with zero attached hydrogens (tertiary/aromatic N) is 1. The van der Waals surface area contributed by atoms with Gasteiger partial charge in [-0.05, 0) is 18.8 Å². The topological polar surface area (TPSA) is 64.1 Å². The van der Waals surface area contributed by atoms with Crippen LogP contribution >= 0.6 is 0 Å². The second-order valence-corrected chi connectivity index (χ2v) is 5.45. The molecule has 1 aromatic rings. The van der Waals surface area contributed by atoms with Gasteiger partial charge in [-0.15, -0.1) is 0 Å². The van der Waals surface area contributed by atoms with Crippen molar-refractivity contribution < 1.29 is 4.74 Å². The van der Waals surface area contributed by atoms with E-state index in [2.05, 4.69) is 32.7 Å². The molecule has 1 N–H and O–H groups in total. The predicted molar refractivity (Wildman–Crippen MR) is 73.1 cm³/mol. The summed E-state index contributed by atoms with van der Waals surface area (Å²) >= 11 is 0. The van der Waals surface area contributed by atoms with Crippen molar-refractivity contribution >= 4 is 0 Å². The average Bonchev–Trinajstić information content (AvgIpc) is 2.64. The van der Waals surface area contributed by atoms with E-state index in [1.807, 2.05) is 0 Å². The third kappa shape index (κ3) is 2.16. The Labute approximate surface area is 112 Å². The number of hydrogen-bond acceptors (Lipinski definition) is 3. The summed E-state index contributed by atoms with van der Waals surface area (Å²) in [5.74, 6) is 0.592. The average molecular weight is 266 g/mol. The summed E-state index contributed by atoms with van der Waals surface area (Å²) in [7, 11) is 0. The van der Waals surface area contributed by atoms with E-state index in [4.69, 9.17) is 4.74 Å². The molecule has 0 amide bonds. The van der Waals surface area contributed by atoms with E-state index in [1.54, 1.807) is 0 Å². The molecule has 0 aliphatic carbocycles. The Morgan fingerprint density at radius 1 is 1.32 bits per heavy atom. The smallest absolute Gasteiger partial charge is 0.330 e. The van der Waals surface area contributed by atoms with Crippen LogP contribution in [0.25, 0.3) is 0 Å². The molecule has 1 aliphatic heterocycles. The Morgan fingerprint density at radius 3 is 2.42 bits per heavy atom. The minimum absolute atomic E-state index is 0.181. The zero-order valence-electron chi connectivity index (χ0n) is 12.0. The van der Waals surface area contributed by atoms with Gasteiger partial charge in [-0.1, -0.05) is 27.7 Å². The van der Waals surface area contributed by atoms with E-state index in [1.165, 1.54) is 16.8 Å². The van der Waals surface area contributed by atoms with E-state index in [9.17, 15) is 9.59 Å². The number of ether oxygens (including phenoxy) is 1. The molecule has 5 heteroatoms. The van der Waals surface area contributed by atoms with Crippen molar-refractivity contribution in [2.75, 3.05) is 0 Å². The van der Waals surface area contributed by atoms with Crippen molar-refractivity contribution in [3.63, 3.8) is 0 Å². The van der Waals surface area contributed by atoms with Gasteiger partial charge in [0.2, 0.25) is 0 Å². The fraction of sp³-hybridized carbons (Fsp3) is 0.714. The quantitative estimate of drug-likeness (QED) is 0.908. The van der Waals surface area contributed by atoms with Gasteiger partial charge in [0.15, 0.2) is 0 Å². The number of hydrogen-bond donors (Lipinski definition) is 1. The second kappa shape index (κ2) is 4.96. The van der Waals surface area contributed by atoms with Crippen molar-refractivity contribution in [3.8, 4) is 0 Å². The molecule has 1 saturated heterocycles. The molecule has 1 fully saturated rings. The first-order chi connectivity index (χ1) is 8.95. The molecule has 1 aromatic heterocycles. The van der Waals surface area contributed by atoms with Gasteiger partial charge in [-0.2, -0.15) is 0 Å². The SMILES string of the molecule is CCC1(CC)O[C@@H](n2ccc(=O)[nH]c2=O)[C@@H](C)[C@@H]1C. The van der Waals surface area contributed by atoms with Crippen LogP contribution in [0.4, 0.5) is 0 Å². The maximum absolute atomic E-state index is 11.9. The van der Waals surface area contributed by atoms with Crippen LogP contribution in [0, 0.1) is 11.8 Å². The standard InChI is InChI=1S/C14H22N2O3/c1-5-14(6-2)10(4)9(3)12(19-14)16-8-7-11(17)15-13(16)18/h7-10,12H,5-6H2,1-4H3,(H,15,17,18)/t9-,10-,12+/m0/s1. The van der Waals surface area contributed by atoms with Gasteiger partial charge in [-0.25, -0.2) is 4.79 Å². The summed E-state index contributed by atoms with van der Waals surface area (Å²) in [6.45, 7) is 8.50. The molecule has 1 aliphatic rings. The van der Waals surface area contributed by atoms with Crippen molar-refractivity contribution in [3.05, 3.63) is 33.1 Å². The molecule has 0 spiro atoms. The van der Waals surface area contributed by atoms with Crippen LogP contribution in [0.3, 0.4) is 0 Å². The van der Waals surface area contributed by atoms with Crippen LogP contribution in [0.1, 0.15) is 46.8 Å². The van der Waals surface area contributed by atoms with Crippen molar-refractivity contribution in [2.24, 2.45) is 11.8 Å².